The number of aromatic nitrogens is 4. The number of ether oxygens (including phenoxy) is 1. The molecule has 2 aromatic rings. The first kappa shape index (κ1) is 14.1. The molecule has 2 aromatic heterocycles. The summed E-state index contributed by atoms with van der Waals surface area (Å²) in [6.45, 7) is 5.42. The predicted octanol–water partition coefficient (Wildman–Crippen LogP) is 1.32. The van der Waals surface area contributed by atoms with Gasteiger partial charge in [0.1, 0.15) is 5.56 Å². The molecule has 0 amide bonds. The second-order valence-electron chi connectivity index (χ2n) is 4.90. The molecule has 0 fully saturated rings. The van der Waals surface area contributed by atoms with E-state index in [9.17, 15) is 9.90 Å². The van der Waals surface area contributed by atoms with Crippen molar-refractivity contribution >= 4 is 0 Å². The van der Waals surface area contributed by atoms with E-state index in [1.165, 1.54) is 7.11 Å². The number of aromatic hydroxyl groups is 1. The lowest BCUT2D eigenvalue weighted by Gasteiger charge is -2.09. The number of hydrogen-bond acceptors (Lipinski definition) is 5. The molecule has 0 aliphatic carbocycles. The summed E-state index contributed by atoms with van der Waals surface area (Å²) < 4.78 is 6.82. The third-order valence-corrected chi connectivity index (χ3v) is 3.11. The van der Waals surface area contributed by atoms with E-state index in [1.807, 2.05) is 13.8 Å². The number of rotatable bonds is 3. The maximum Gasteiger partial charge on any atom is 0.258 e. The van der Waals surface area contributed by atoms with Gasteiger partial charge >= 0.3 is 0 Å². The smallest absolute Gasteiger partial charge is 0.258 e. The standard InChI is InChI=1S/C13H18N4O3/c1-6(2)8-11(18)14-10(15-12(8)19)9-7(3)16-17(4)13(9)20-5/h6H,1-5H3,(H2,14,15,18,19). The lowest BCUT2D eigenvalue weighted by molar-refractivity contribution is 0.374. The zero-order valence-corrected chi connectivity index (χ0v) is 12.2. The van der Waals surface area contributed by atoms with Crippen LogP contribution in [0.2, 0.25) is 0 Å². The van der Waals surface area contributed by atoms with E-state index in [-0.39, 0.29) is 28.7 Å². The Labute approximate surface area is 116 Å². The average molecular weight is 278 g/mol. The molecule has 108 valence electrons. The predicted molar refractivity (Wildman–Crippen MR) is 74.1 cm³/mol. The summed E-state index contributed by atoms with van der Waals surface area (Å²) >= 11 is 0. The van der Waals surface area contributed by atoms with Gasteiger partial charge in [0, 0.05) is 7.05 Å². The van der Waals surface area contributed by atoms with Crippen molar-refractivity contribution in [2.45, 2.75) is 26.7 Å². The summed E-state index contributed by atoms with van der Waals surface area (Å²) in [7, 11) is 3.25. The number of aryl methyl sites for hydroxylation is 2. The Kier molecular flexibility index (Phi) is 3.52. The van der Waals surface area contributed by atoms with Crippen LogP contribution in [0.4, 0.5) is 0 Å². The van der Waals surface area contributed by atoms with Gasteiger partial charge in [0.2, 0.25) is 11.8 Å². The fourth-order valence-electron chi connectivity index (χ4n) is 2.25. The van der Waals surface area contributed by atoms with Gasteiger partial charge in [-0.05, 0) is 12.8 Å². The molecule has 2 heterocycles. The van der Waals surface area contributed by atoms with Crippen LogP contribution in [0.1, 0.15) is 31.0 Å². The van der Waals surface area contributed by atoms with Gasteiger partial charge in [-0.2, -0.15) is 10.1 Å². The number of H-pyrrole nitrogens is 1. The van der Waals surface area contributed by atoms with E-state index in [4.69, 9.17) is 4.74 Å². The van der Waals surface area contributed by atoms with Gasteiger partial charge in [-0.3, -0.25) is 4.79 Å². The third kappa shape index (κ3) is 2.15. The quantitative estimate of drug-likeness (QED) is 0.883. The van der Waals surface area contributed by atoms with Crippen LogP contribution in [0.3, 0.4) is 0 Å². The maximum absolute atomic E-state index is 12.1. The largest absolute Gasteiger partial charge is 0.493 e. The van der Waals surface area contributed by atoms with Crippen LogP contribution in [0.15, 0.2) is 4.79 Å². The Morgan fingerprint density at radius 2 is 2.05 bits per heavy atom. The SMILES string of the molecule is COc1c(-c2nc(O)c(C(C)C)c(=O)[nH]2)c(C)nn1C. The van der Waals surface area contributed by atoms with Crippen LogP contribution in [0.5, 0.6) is 11.8 Å². The maximum atomic E-state index is 12.1. The summed E-state index contributed by atoms with van der Waals surface area (Å²) in [4.78, 5) is 18.8. The molecule has 2 rings (SSSR count). The first-order valence-corrected chi connectivity index (χ1v) is 6.28. The van der Waals surface area contributed by atoms with Crippen molar-refractivity contribution in [3.05, 3.63) is 21.6 Å². The van der Waals surface area contributed by atoms with Crippen molar-refractivity contribution < 1.29 is 9.84 Å². The van der Waals surface area contributed by atoms with E-state index in [0.717, 1.165) is 0 Å². The van der Waals surface area contributed by atoms with Crippen molar-refractivity contribution in [3.63, 3.8) is 0 Å². The number of nitrogens with zero attached hydrogens (tertiary/aromatic N) is 3. The van der Waals surface area contributed by atoms with Crippen LogP contribution in [0.25, 0.3) is 11.4 Å². The molecule has 7 nitrogen and oxygen atoms in total. The van der Waals surface area contributed by atoms with Crippen molar-refractivity contribution in [2.75, 3.05) is 7.11 Å². The van der Waals surface area contributed by atoms with E-state index >= 15 is 0 Å². The summed E-state index contributed by atoms with van der Waals surface area (Å²) in [6, 6.07) is 0. The Balaban J connectivity index is 2.70. The molecular formula is C13H18N4O3. The molecule has 0 saturated heterocycles. The highest BCUT2D eigenvalue weighted by molar-refractivity contribution is 5.65. The molecule has 0 aromatic carbocycles. The summed E-state index contributed by atoms with van der Waals surface area (Å²) in [5.41, 5.74) is 1.14. The van der Waals surface area contributed by atoms with Crippen molar-refractivity contribution in [3.8, 4) is 23.1 Å². The summed E-state index contributed by atoms with van der Waals surface area (Å²) in [6.07, 6.45) is 0. The molecule has 0 atom stereocenters. The zero-order chi connectivity index (χ0) is 15.0. The fourth-order valence-corrected chi connectivity index (χ4v) is 2.25. The first-order valence-electron chi connectivity index (χ1n) is 6.28. The van der Waals surface area contributed by atoms with E-state index in [1.54, 1.807) is 18.7 Å². The Morgan fingerprint density at radius 3 is 2.55 bits per heavy atom. The first-order chi connectivity index (χ1) is 9.36. The highest BCUT2D eigenvalue weighted by Crippen LogP contribution is 2.31. The second-order valence-corrected chi connectivity index (χ2v) is 4.90. The van der Waals surface area contributed by atoms with Crippen LogP contribution in [-0.2, 0) is 7.05 Å². The lowest BCUT2D eigenvalue weighted by Crippen LogP contribution is -2.16. The molecule has 0 aliphatic rings. The van der Waals surface area contributed by atoms with Gasteiger partial charge in [-0.25, -0.2) is 4.68 Å². The normalized spacial score (nSPS) is 11.1. The lowest BCUT2D eigenvalue weighted by atomic mass is 10.1. The van der Waals surface area contributed by atoms with E-state index in [2.05, 4.69) is 15.1 Å². The average Bonchev–Trinajstić information content (AvgIpc) is 2.61. The molecule has 7 heteroatoms. The Morgan fingerprint density at radius 1 is 1.40 bits per heavy atom. The van der Waals surface area contributed by atoms with Crippen molar-refractivity contribution in [1.82, 2.24) is 19.7 Å². The van der Waals surface area contributed by atoms with Crippen molar-refractivity contribution in [2.24, 2.45) is 7.05 Å². The van der Waals surface area contributed by atoms with Gasteiger partial charge in [0.05, 0.1) is 18.4 Å². The topological polar surface area (TPSA) is 93.0 Å². The fraction of sp³-hybridized carbons (Fsp3) is 0.462. The van der Waals surface area contributed by atoms with Gasteiger partial charge < -0.3 is 14.8 Å². The zero-order valence-electron chi connectivity index (χ0n) is 12.2. The highest BCUT2D eigenvalue weighted by atomic mass is 16.5. The van der Waals surface area contributed by atoms with Gasteiger partial charge in [-0.15, -0.1) is 0 Å². The minimum atomic E-state index is -0.354. The molecule has 0 unspecified atom stereocenters. The Bertz CT molecular complexity index is 700. The molecule has 20 heavy (non-hydrogen) atoms. The second kappa shape index (κ2) is 4.99. The molecule has 0 aliphatic heterocycles. The monoisotopic (exact) mass is 278 g/mol. The molecular weight excluding hydrogens is 260 g/mol. The molecule has 0 bridgehead atoms. The Hall–Kier alpha value is -2.31. The number of methoxy groups -OCH3 is 1. The summed E-state index contributed by atoms with van der Waals surface area (Å²) in [5, 5.41) is 14.2. The number of hydrogen-bond donors (Lipinski definition) is 2. The van der Waals surface area contributed by atoms with Gasteiger partial charge in [0.25, 0.3) is 5.56 Å². The molecule has 0 spiro atoms. The summed E-state index contributed by atoms with van der Waals surface area (Å²) in [5.74, 6) is 0.350. The van der Waals surface area contributed by atoms with Gasteiger partial charge in [-0.1, -0.05) is 13.8 Å². The van der Waals surface area contributed by atoms with Crippen molar-refractivity contribution in [1.29, 1.82) is 0 Å². The van der Waals surface area contributed by atoms with Crippen LogP contribution in [-0.4, -0.2) is 32.0 Å². The van der Waals surface area contributed by atoms with Crippen LogP contribution >= 0.6 is 0 Å². The van der Waals surface area contributed by atoms with E-state index < -0.39 is 0 Å². The molecule has 0 saturated carbocycles. The molecule has 2 N–H and O–H groups in total. The highest BCUT2D eigenvalue weighted by Gasteiger charge is 2.21. The van der Waals surface area contributed by atoms with E-state index in [0.29, 0.717) is 17.1 Å². The van der Waals surface area contributed by atoms with Crippen LogP contribution < -0.4 is 10.3 Å². The minimum Gasteiger partial charge on any atom is -0.493 e. The van der Waals surface area contributed by atoms with Gasteiger partial charge in [0.15, 0.2) is 5.82 Å². The number of nitrogens with one attached hydrogen (secondary N) is 1. The number of aromatic amines is 1. The third-order valence-electron chi connectivity index (χ3n) is 3.11. The van der Waals surface area contributed by atoms with Crippen LogP contribution in [0, 0.1) is 6.92 Å². The minimum absolute atomic E-state index is 0.114. The molecule has 0 radical (unpaired) electrons.